The molecular weight excluding hydrogens is 497 g/mol. The van der Waals surface area contributed by atoms with Crippen LogP contribution in [0.25, 0.3) is 21.8 Å². The third kappa shape index (κ3) is 3.85. The molecule has 0 saturated carbocycles. The molecule has 1 saturated heterocycles. The van der Waals surface area contributed by atoms with Crippen LogP contribution in [0, 0.1) is 0 Å². The Labute approximate surface area is 177 Å². The van der Waals surface area contributed by atoms with E-state index in [0.717, 1.165) is 57.5 Å². The highest BCUT2D eigenvalue weighted by Gasteiger charge is 2.16. The minimum atomic E-state index is 0.508. The number of hydrogen-bond acceptors (Lipinski definition) is 4. The molecule has 0 spiro atoms. The maximum Gasteiger partial charge on any atom is 0.153 e. The quantitative estimate of drug-likeness (QED) is 0.346. The minimum Gasteiger partial charge on any atom is -0.378 e. The molecule has 140 valence electrons. The Balaban J connectivity index is 0.000000143. The normalized spacial score (nSPS) is 14.4. The van der Waals surface area contributed by atoms with E-state index in [1.807, 2.05) is 24.7 Å². The molecule has 0 atom stereocenters. The van der Waals surface area contributed by atoms with Crippen molar-refractivity contribution in [3.63, 3.8) is 0 Å². The first-order valence-electron chi connectivity index (χ1n) is 8.36. The first-order valence-corrected chi connectivity index (χ1v) is 10.3. The number of aromatic nitrogens is 4. The number of morpholine rings is 1. The summed E-state index contributed by atoms with van der Waals surface area (Å²) < 4.78 is 7.33. The summed E-state index contributed by atoms with van der Waals surface area (Å²) in [5.41, 5.74) is 1.97. The average molecular weight is 514 g/mol. The van der Waals surface area contributed by atoms with E-state index in [4.69, 9.17) is 16.3 Å². The van der Waals surface area contributed by atoms with Crippen LogP contribution in [-0.4, -0.2) is 46.2 Å². The molecule has 4 aromatic heterocycles. The van der Waals surface area contributed by atoms with Gasteiger partial charge in [0.25, 0.3) is 0 Å². The molecule has 0 aromatic carbocycles. The number of H-pyrrole nitrogens is 2. The molecule has 27 heavy (non-hydrogen) atoms. The van der Waals surface area contributed by atoms with Crippen LogP contribution in [0.2, 0.25) is 5.15 Å². The highest BCUT2D eigenvalue weighted by Crippen LogP contribution is 2.29. The lowest BCUT2D eigenvalue weighted by molar-refractivity contribution is 0.122. The number of ether oxygens (including phenoxy) is 1. The van der Waals surface area contributed by atoms with E-state index in [1.54, 1.807) is 6.20 Å². The smallest absolute Gasteiger partial charge is 0.153 e. The van der Waals surface area contributed by atoms with Crippen LogP contribution in [0.5, 0.6) is 0 Å². The lowest BCUT2D eigenvalue weighted by Crippen LogP contribution is -2.36. The van der Waals surface area contributed by atoms with Crippen LogP contribution < -0.4 is 4.90 Å². The van der Waals surface area contributed by atoms with E-state index in [-0.39, 0.29) is 0 Å². The van der Waals surface area contributed by atoms with Gasteiger partial charge in [0.05, 0.1) is 24.2 Å². The van der Waals surface area contributed by atoms with Crippen molar-refractivity contribution in [2.75, 3.05) is 31.2 Å². The Morgan fingerprint density at radius 1 is 0.926 bits per heavy atom. The van der Waals surface area contributed by atoms with Gasteiger partial charge in [0.2, 0.25) is 0 Å². The first-order chi connectivity index (χ1) is 13.1. The molecule has 9 heteroatoms. The van der Waals surface area contributed by atoms with Crippen molar-refractivity contribution in [1.82, 2.24) is 19.9 Å². The Hall–Kier alpha value is -1.61. The summed E-state index contributed by atoms with van der Waals surface area (Å²) in [6, 6.07) is 4.01. The van der Waals surface area contributed by atoms with E-state index in [9.17, 15) is 0 Å². The Morgan fingerprint density at radius 2 is 1.52 bits per heavy atom. The van der Waals surface area contributed by atoms with E-state index < -0.39 is 0 Å². The summed E-state index contributed by atoms with van der Waals surface area (Å²) in [6.45, 7) is 3.37. The Bertz CT molecular complexity index is 1040. The monoisotopic (exact) mass is 511 g/mol. The molecule has 5 heterocycles. The van der Waals surface area contributed by atoms with Crippen molar-refractivity contribution in [3.05, 3.63) is 51.0 Å². The van der Waals surface area contributed by atoms with Gasteiger partial charge in [-0.25, -0.2) is 9.97 Å². The fourth-order valence-electron chi connectivity index (χ4n) is 3.01. The van der Waals surface area contributed by atoms with Crippen molar-refractivity contribution in [3.8, 4) is 0 Å². The van der Waals surface area contributed by atoms with E-state index >= 15 is 0 Å². The second-order valence-electron chi connectivity index (χ2n) is 5.96. The first kappa shape index (κ1) is 18.7. The van der Waals surface area contributed by atoms with Gasteiger partial charge in [-0.05, 0) is 44.0 Å². The van der Waals surface area contributed by atoms with Crippen LogP contribution in [0.1, 0.15) is 0 Å². The van der Waals surface area contributed by atoms with Crippen molar-refractivity contribution < 1.29 is 4.74 Å². The van der Waals surface area contributed by atoms with Crippen molar-refractivity contribution >= 4 is 71.1 Å². The fourth-order valence-corrected chi connectivity index (χ4v) is 4.08. The van der Waals surface area contributed by atoms with Gasteiger partial charge in [-0.15, -0.1) is 0 Å². The summed E-state index contributed by atoms with van der Waals surface area (Å²) in [4.78, 5) is 17.0. The van der Waals surface area contributed by atoms with Crippen molar-refractivity contribution in [1.29, 1.82) is 0 Å². The molecular formula is C18H16Br2ClN5O. The zero-order valence-corrected chi connectivity index (χ0v) is 18.1. The van der Waals surface area contributed by atoms with E-state index in [0.29, 0.717) is 5.15 Å². The summed E-state index contributed by atoms with van der Waals surface area (Å²) >= 11 is 12.7. The molecule has 0 unspecified atom stereocenters. The molecule has 5 rings (SSSR count). The van der Waals surface area contributed by atoms with Gasteiger partial charge in [-0.2, -0.15) is 0 Å². The molecule has 0 radical (unpaired) electrons. The van der Waals surface area contributed by atoms with Crippen molar-refractivity contribution in [2.45, 2.75) is 0 Å². The summed E-state index contributed by atoms with van der Waals surface area (Å²) in [6.07, 6.45) is 7.34. The van der Waals surface area contributed by atoms with Crippen LogP contribution in [0.15, 0.2) is 45.9 Å². The fraction of sp³-hybridized carbons (Fsp3) is 0.222. The zero-order chi connectivity index (χ0) is 18.8. The number of hydrogen-bond donors (Lipinski definition) is 2. The van der Waals surface area contributed by atoms with Crippen LogP contribution in [-0.2, 0) is 4.74 Å². The molecule has 4 aromatic rings. The Morgan fingerprint density at radius 3 is 2.19 bits per heavy atom. The largest absolute Gasteiger partial charge is 0.378 e. The predicted octanol–water partition coefficient (Wildman–Crippen LogP) is 5.14. The van der Waals surface area contributed by atoms with Gasteiger partial charge in [-0.1, -0.05) is 11.6 Å². The standard InChI is InChI=1S/C11H12BrN3O.C7H4BrClN2/c12-9-7-14-11(10-8(9)1-2-13-10)15-3-5-16-6-4-15;8-5-3-11-7(9)6-4(5)1-2-10-6/h1-2,7,13H,3-6H2;1-3,10H. The SMILES string of the molecule is Brc1cnc(N2CCOCC2)c2[nH]ccc12.Clc1ncc(Br)c2cc[nH]c12. The number of rotatable bonds is 1. The second-order valence-corrected chi connectivity index (χ2v) is 8.03. The second kappa shape index (κ2) is 8.18. The molecule has 1 aliphatic heterocycles. The van der Waals surface area contributed by atoms with E-state index in [1.165, 1.54) is 5.39 Å². The highest BCUT2D eigenvalue weighted by atomic mass is 79.9. The number of nitrogens with one attached hydrogen (secondary N) is 2. The average Bonchev–Trinajstić information content (AvgIpc) is 3.37. The van der Waals surface area contributed by atoms with Crippen LogP contribution in [0.3, 0.4) is 0 Å². The van der Waals surface area contributed by atoms with Gasteiger partial charge < -0.3 is 19.6 Å². The summed E-state index contributed by atoms with van der Waals surface area (Å²) in [5.74, 6) is 1.02. The van der Waals surface area contributed by atoms with Gasteiger partial charge in [0.15, 0.2) is 11.0 Å². The van der Waals surface area contributed by atoms with E-state index in [2.05, 4.69) is 62.8 Å². The maximum atomic E-state index is 5.81. The van der Waals surface area contributed by atoms with Gasteiger partial charge >= 0.3 is 0 Å². The van der Waals surface area contributed by atoms with Gasteiger partial charge in [0.1, 0.15) is 0 Å². The number of anilines is 1. The van der Waals surface area contributed by atoms with Gasteiger partial charge in [0, 0.05) is 57.6 Å². The Kier molecular flexibility index (Phi) is 5.68. The lowest BCUT2D eigenvalue weighted by atomic mass is 10.3. The third-order valence-electron chi connectivity index (χ3n) is 4.34. The van der Waals surface area contributed by atoms with Crippen molar-refractivity contribution in [2.24, 2.45) is 0 Å². The molecule has 0 bridgehead atoms. The number of fused-ring (bicyclic) bond motifs is 2. The molecule has 0 amide bonds. The van der Waals surface area contributed by atoms with Crippen LogP contribution in [0.4, 0.5) is 5.82 Å². The lowest BCUT2D eigenvalue weighted by Gasteiger charge is -2.28. The van der Waals surface area contributed by atoms with Crippen LogP contribution >= 0.6 is 43.5 Å². The minimum absolute atomic E-state index is 0.508. The topological polar surface area (TPSA) is 69.8 Å². The summed E-state index contributed by atoms with van der Waals surface area (Å²) in [7, 11) is 0. The molecule has 1 fully saturated rings. The third-order valence-corrected chi connectivity index (χ3v) is 5.89. The number of pyridine rings is 2. The molecule has 2 N–H and O–H groups in total. The number of halogens is 3. The van der Waals surface area contributed by atoms with Gasteiger partial charge in [-0.3, -0.25) is 0 Å². The predicted molar refractivity (Wildman–Crippen MR) is 116 cm³/mol. The maximum absolute atomic E-state index is 5.81. The molecule has 1 aliphatic rings. The zero-order valence-electron chi connectivity index (χ0n) is 14.2. The molecule has 6 nitrogen and oxygen atoms in total. The molecule has 0 aliphatic carbocycles. The summed E-state index contributed by atoms with van der Waals surface area (Å²) in [5, 5.41) is 2.75. The number of nitrogens with zero attached hydrogens (tertiary/aromatic N) is 3. The number of aromatic amines is 2. The highest BCUT2D eigenvalue weighted by molar-refractivity contribution is 9.11.